The van der Waals surface area contributed by atoms with Gasteiger partial charge in [0, 0.05) is 25.7 Å². The Labute approximate surface area is 112 Å². The molecule has 1 heterocycles. The van der Waals surface area contributed by atoms with Crippen molar-refractivity contribution >= 4 is 11.4 Å². The molecule has 0 bridgehead atoms. The number of anilines is 1. The summed E-state index contributed by atoms with van der Waals surface area (Å²) in [7, 11) is 2.13. The van der Waals surface area contributed by atoms with Crippen LogP contribution in [0.25, 0.3) is 0 Å². The van der Waals surface area contributed by atoms with Gasteiger partial charge in [-0.25, -0.2) is 0 Å². The van der Waals surface area contributed by atoms with Gasteiger partial charge in [-0.05, 0) is 38.2 Å². The molecule has 104 valence electrons. The predicted molar refractivity (Wildman–Crippen MR) is 74.9 cm³/mol. The fraction of sp³-hybridized carbons (Fsp3) is 0.538. The van der Waals surface area contributed by atoms with Crippen LogP contribution >= 0.6 is 0 Å². The topological polar surface area (TPSA) is 75.6 Å². The van der Waals surface area contributed by atoms with Gasteiger partial charge in [0.2, 0.25) is 0 Å². The summed E-state index contributed by atoms with van der Waals surface area (Å²) in [5, 5.41) is 10.7. The van der Waals surface area contributed by atoms with E-state index in [1.807, 2.05) is 0 Å². The lowest BCUT2D eigenvalue weighted by atomic mass is 10.1. The standard InChI is InChI=1S/C13H20N4O2/c1-15-5-2-6-16(8-7-15)10-11-3-4-13(17(18)19)12(14)9-11/h3-4,9H,2,5-8,10,14H2,1H3. The summed E-state index contributed by atoms with van der Waals surface area (Å²) in [4.78, 5) is 15.0. The number of likely N-dealkylation sites (N-methyl/N-ethyl adjacent to an activating group) is 1. The Bertz CT molecular complexity index is 464. The van der Waals surface area contributed by atoms with Crippen molar-refractivity contribution in [2.75, 3.05) is 39.0 Å². The van der Waals surface area contributed by atoms with Gasteiger partial charge in [0.15, 0.2) is 0 Å². The lowest BCUT2D eigenvalue weighted by molar-refractivity contribution is -0.383. The molecular weight excluding hydrogens is 244 g/mol. The maximum absolute atomic E-state index is 10.7. The minimum Gasteiger partial charge on any atom is -0.393 e. The van der Waals surface area contributed by atoms with Crippen molar-refractivity contribution in [3.63, 3.8) is 0 Å². The second-order valence-corrected chi connectivity index (χ2v) is 5.08. The van der Waals surface area contributed by atoms with Gasteiger partial charge in [0.25, 0.3) is 5.69 Å². The molecule has 2 rings (SSSR count). The Morgan fingerprint density at radius 3 is 2.79 bits per heavy atom. The van der Waals surface area contributed by atoms with Crippen LogP contribution in [0.4, 0.5) is 11.4 Å². The molecule has 6 heteroatoms. The van der Waals surface area contributed by atoms with Crippen LogP contribution in [0.2, 0.25) is 0 Å². The van der Waals surface area contributed by atoms with E-state index in [1.165, 1.54) is 6.07 Å². The zero-order chi connectivity index (χ0) is 13.8. The van der Waals surface area contributed by atoms with Gasteiger partial charge < -0.3 is 10.6 Å². The molecule has 0 atom stereocenters. The molecule has 0 amide bonds. The monoisotopic (exact) mass is 264 g/mol. The molecule has 1 fully saturated rings. The zero-order valence-corrected chi connectivity index (χ0v) is 11.2. The summed E-state index contributed by atoms with van der Waals surface area (Å²) in [6.45, 7) is 5.06. The molecule has 0 radical (unpaired) electrons. The van der Waals surface area contributed by atoms with Crippen LogP contribution in [-0.2, 0) is 6.54 Å². The molecule has 0 spiro atoms. The number of nitrogens with two attached hydrogens (primary N) is 1. The first kappa shape index (κ1) is 13.8. The third-order valence-electron chi connectivity index (χ3n) is 3.51. The van der Waals surface area contributed by atoms with E-state index >= 15 is 0 Å². The fourth-order valence-corrected chi connectivity index (χ4v) is 2.38. The summed E-state index contributed by atoms with van der Waals surface area (Å²) < 4.78 is 0. The van der Waals surface area contributed by atoms with E-state index in [9.17, 15) is 10.1 Å². The second-order valence-electron chi connectivity index (χ2n) is 5.08. The van der Waals surface area contributed by atoms with E-state index in [0.717, 1.165) is 44.7 Å². The molecular formula is C13H20N4O2. The number of rotatable bonds is 3. The van der Waals surface area contributed by atoms with Crippen LogP contribution in [0, 0.1) is 10.1 Å². The van der Waals surface area contributed by atoms with Crippen molar-refractivity contribution in [1.29, 1.82) is 0 Å². The van der Waals surface area contributed by atoms with Gasteiger partial charge >= 0.3 is 0 Å². The van der Waals surface area contributed by atoms with Gasteiger partial charge in [-0.1, -0.05) is 6.07 Å². The zero-order valence-electron chi connectivity index (χ0n) is 11.2. The predicted octanol–water partition coefficient (Wildman–Crippen LogP) is 1.31. The molecule has 2 N–H and O–H groups in total. The first-order valence-electron chi connectivity index (χ1n) is 6.50. The van der Waals surface area contributed by atoms with Gasteiger partial charge in [0.05, 0.1) is 4.92 Å². The highest BCUT2D eigenvalue weighted by Crippen LogP contribution is 2.22. The lowest BCUT2D eigenvalue weighted by Gasteiger charge is -2.20. The maximum atomic E-state index is 10.7. The second kappa shape index (κ2) is 5.99. The van der Waals surface area contributed by atoms with Crippen molar-refractivity contribution in [2.24, 2.45) is 0 Å². The van der Waals surface area contributed by atoms with E-state index in [4.69, 9.17) is 5.73 Å². The Kier molecular flexibility index (Phi) is 4.34. The fourth-order valence-electron chi connectivity index (χ4n) is 2.38. The smallest absolute Gasteiger partial charge is 0.292 e. The van der Waals surface area contributed by atoms with Crippen LogP contribution in [0.5, 0.6) is 0 Å². The molecule has 1 aliphatic rings. The molecule has 1 saturated heterocycles. The van der Waals surface area contributed by atoms with Crippen molar-refractivity contribution in [1.82, 2.24) is 9.80 Å². The molecule has 1 aromatic carbocycles. The maximum Gasteiger partial charge on any atom is 0.292 e. The highest BCUT2D eigenvalue weighted by atomic mass is 16.6. The number of benzene rings is 1. The molecule has 1 aromatic rings. The van der Waals surface area contributed by atoms with Crippen molar-refractivity contribution in [2.45, 2.75) is 13.0 Å². The van der Waals surface area contributed by atoms with Gasteiger partial charge in [-0.2, -0.15) is 0 Å². The Morgan fingerprint density at radius 2 is 2.11 bits per heavy atom. The minimum atomic E-state index is -0.444. The van der Waals surface area contributed by atoms with E-state index in [0.29, 0.717) is 0 Å². The Hall–Kier alpha value is -1.66. The van der Waals surface area contributed by atoms with Gasteiger partial charge in [-0.3, -0.25) is 15.0 Å². The van der Waals surface area contributed by atoms with Crippen LogP contribution in [0.3, 0.4) is 0 Å². The average Bonchev–Trinajstić information content (AvgIpc) is 2.54. The van der Waals surface area contributed by atoms with Crippen LogP contribution in [-0.4, -0.2) is 47.9 Å². The Balaban J connectivity index is 2.03. The molecule has 1 aliphatic heterocycles. The van der Waals surface area contributed by atoms with Crippen LogP contribution in [0.15, 0.2) is 18.2 Å². The highest BCUT2D eigenvalue weighted by molar-refractivity contribution is 5.59. The number of nitrogens with zero attached hydrogens (tertiary/aromatic N) is 3. The number of hydrogen-bond donors (Lipinski definition) is 1. The third-order valence-corrected chi connectivity index (χ3v) is 3.51. The molecule has 0 aliphatic carbocycles. The molecule has 0 saturated carbocycles. The molecule has 0 aromatic heterocycles. The largest absolute Gasteiger partial charge is 0.393 e. The minimum absolute atomic E-state index is 0.0145. The summed E-state index contributed by atoms with van der Waals surface area (Å²) >= 11 is 0. The van der Waals surface area contributed by atoms with Gasteiger partial charge in [-0.15, -0.1) is 0 Å². The molecule has 6 nitrogen and oxygen atoms in total. The molecule has 19 heavy (non-hydrogen) atoms. The lowest BCUT2D eigenvalue weighted by Crippen LogP contribution is -2.28. The van der Waals surface area contributed by atoms with E-state index in [1.54, 1.807) is 12.1 Å². The Morgan fingerprint density at radius 1 is 1.32 bits per heavy atom. The summed E-state index contributed by atoms with van der Waals surface area (Å²) in [5.74, 6) is 0. The number of nitro benzene ring substituents is 1. The van der Waals surface area contributed by atoms with Crippen LogP contribution < -0.4 is 5.73 Å². The van der Waals surface area contributed by atoms with Crippen molar-refractivity contribution in [3.05, 3.63) is 33.9 Å². The normalized spacial score (nSPS) is 18.2. The van der Waals surface area contributed by atoms with Crippen molar-refractivity contribution in [3.8, 4) is 0 Å². The van der Waals surface area contributed by atoms with E-state index in [-0.39, 0.29) is 11.4 Å². The van der Waals surface area contributed by atoms with E-state index in [2.05, 4.69) is 16.8 Å². The first-order chi connectivity index (χ1) is 9.06. The highest BCUT2D eigenvalue weighted by Gasteiger charge is 2.15. The van der Waals surface area contributed by atoms with Crippen molar-refractivity contribution < 1.29 is 4.92 Å². The SMILES string of the molecule is CN1CCCN(Cc2ccc([N+](=O)[O-])c(N)c2)CC1. The number of nitro groups is 1. The first-order valence-corrected chi connectivity index (χ1v) is 6.50. The number of nitrogen functional groups attached to an aromatic ring is 1. The number of hydrogen-bond acceptors (Lipinski definition) is 5. The van der Waals surface area contributed by atoms with E-state index < -0.39 is 4.92 Å². The summed E-state index contributed by atoms with van der Waals surface area (Å²) in [6.07, 6.45) is 1.15. The quantitative estimate of drug-likeness (QED) is 0.506. The summed E-state index contributed by atoms with van der Waals surface area (Å²) in [6, 6.07) is 5.00. The van der Waals surface area contributed by atoms with Gasteiger partial charge in [0.1, 0.15) is 5.69 Å². The third kappa shape index (κ3) is 3.65. The molecule has 0 unspecified atom stereocenters. The van der Waals surface area contributed by atoms with Crippen LogP contribution in [0.1, 0.15) is 12.0 Å². The summed E-state index contributed by atoms with van der Waals surface area (Å²) in [5.41, 5.74) is 6.98. The average molecular weight is 264 g/mol.